The second-order valence-electron chi connectivity index (χ2n) is 8.00. The van der Waals surface area contributed by atoms with Crippen LogP contribution in [0.5, 0.6) is 5.88 Å². The zero-order valence-corrected chi connectivity index (χ0v) is 17.6. The molecule has 0 atom stereocenters. The van der Waals surface area contributed by atoms with Crippen molar-refractivity contribution >= 4 is 17.1 Å². The number of aromatic nitrogens is 2. The maximum atomic E-state index is 14.5. The molecule has 0 aliphatic carbocycles. The van der Waals surface area contributed by atoms with E-state index in [1.165, 1.54) is 17.3 Å². The van der Waals surface area contributed by atoms with E-state index in [0.717, 1.165) is 32.5 Å². The molecular weight excluding hydrogens is 377 g/mol. The van der Waals surface area contributed by atoms with Crippen molar-refractivity contribution in [3.8, 4) is 5.88 Å². The number of aryl methyl sites for hydroxylation is 1. The molecule has 0 unspecified atom stereocenters. The van der Waals surface area contributed by atoms with E-state index in [1.807, 2.05) is 6.07 Å². The number of rotatable bonds is 6. The van der Waals surface area contributed by atoms with Gasteiger partial charge in [0.25, 0.3) is 0 Å². The normalized spacial score (nSPS) is 15.8. The Kier molecular flexibility index (Phi) is 6.38. The van der Waals surface area contributed by atoms with Crippen LogP contribution < -0.4 is 4.74 Å². The molecule has 3 heterocycles. The van der Waals surface area contributed by atoms with Crippen molar-refractivity contribution < 1.29 is 9.13 Å². The third kappa shape index (κ3) is 4.85. The number of piperidine rings is 1. The van der Waals surface area contributed by atoms with Gasteiger partial charge in [-0.05, 0) is 56.8 Å². The largest absolute Gasteiger partial charge is 0.481 e. The number of nitrogens with zero attached hydrogens (tertiary/aromatic N) is 3. The molecule has 0 saturated carbocycles. The first kappa shape index (κ1) is 20.5. The number of halogens is 1. The molecule has 1 aliphatic rings. The smallest absolute Gasteiger partial charge is 0.213 e. The Morgan fingerprint density at radius 1 is 1.13 bits per heavy atom. The minimum Gasteiger partial charge on any atom is -0.481 e. The van der Waals surface area contributed by atoms with Crippen LogP contribution >= 0.6 is 0 Å². The topological polar surface area (TPSA) is 38.2 Å². The number of fused-ring (bicyclic) bond motifs is 1. The van der Waals surface area contributed by atoms with E-state index in [4.69, 9.17) is 4.74 Å². The highest BCUT2D eigenvalue weighted by molar-refractivity contribution is 5.78. The number of hydrogen-bond donors (Lipinski definition) is 0. The van der Waals surface area contributed by atoms with Crippen LogP contribution in [0.25, 0.3) is 17.1 Å². The SMILES string of the molecule is COc1ccc2ncc(F)c(CCN3CCC(/C=C\c4ccc(C)cc4)CC3)c2n1. The molecule has 156 valence electrons. The summed E-state index contributed by atoms with van der Waals surface area (Å²) >= 11 is 0. The zero-order valence-electron chi connectivity index (χ0n) is 17.6. The summed E-state index contributed by atoms with van der Waals surface area (Å²) in [5, 5.41) is 0. The summed E-state index contributed by atoms with van der Waals surface area (Å²) < 4.78 is 19.7. The number of methoxy groups -OCH3 is 1. The Labute approximate surface area is 177 Å². The van der Waals surface area contributed by atoms with Crippen molar-refractivity contribution in [3.05, 3.63) is 71.2 Å². The van der Waals surface area contributed by atoms with Crippen LogP contribution in [0.2, 0.25) is 0 Å². The number of hydrogen-bond acceptors (Lipinski definition) is 4. The summed E-state index contributed by atoms with van der Waals surface area (Å²) in [6, 6.07) is 12.2. The molecule has 1 aliphatic heterocycles. The van der Waals surface area contributed by atoms with E-state index in [0.29, 0.717) is 34.8 Å². The van der Waals surface area contributed by atoms with Crippen molar-refractivity contribution in [3.63, 3.8) is 0 Å². The lowest BCUT2D eigenvalue weighted by Crippen LogP contribution is -2.34. The molecule has 4 rings (SSSR count). The summed E-state index contributed by atoms with van der Waals surface area (Å²) in [6.07, 6.45) is 8.76. The molecule has 5 heteroatoms. The average molecular weight is 406 g/mol. The predicted molar refractivity (Wildman–Crippen MR) is 119 cm³/mol. The first-order valence-electron chi connectivity index (χ1n) is 10.6. The molecule has 0 radical (unpaired) electrons. The fraction of sp³-hybridized carbons (Fsp3) is 0.360. The standard InChI is InChI=1S/C25H28FN3O/c1-18-3-5-19(6-4-18)7-8-20-11-14-29(15-12-20)16-13-21-22(26)17-27-23-9-10-24(30-2)28-25(21)23/h3-10,17,20H,11-16H2,1-2H3/b8-7-. The van der Waals surface area contributed by atoms with Gasteiger partial charge >= 0.3 is 0 Å². The van der Waals surface area contributed by atoms with Gasteiger partial charge in [-0.15, -0.1) is 0 Å². The molecule has 0 N–H and O–H groups in total. The van der Waals surface area contributed by atoms with Crippen LogP contribution in [0.4, 0.5) is 4.39 Å². The Bertz CT molecular complexity index is 1020. The van der Waals surface area contributed by atoms with Gasteiger partial charge < -0.3 is 9.64 Å². The third-order valence-electron chi connectivity index (χ3n) is 5.90. The maximum Gasteiger partial charge on any atom is 0.213 e. The fourth-order valence-corrected chi connectivity index (χ4v) is 3.99. The van der Waals surface area contributed by atoms with Crippen molar-refractivity contribution in [1.82, 2.24) is 14.9 Å². The van der Waals surface area contributed by atoms with Crippen LogP contribution in [-0.4, -0.2) is 41.6 Å². The molecule has 0 spiro atoms. The van der Waals surface area contributed by atoms with Gasteiger partial charge in [-0.1, -0.05) is 42.0 Å². The van der Waals surface area contributed by atoms with E-state index >= 15 is 0 Å². The Morgan fingerprint density at radius 3 is 2.63 bits per heavy atom. The van der Waals surface area contributed by atoms with Crippen molar-refractivity contribution in [2.45, 2.75) is 26.2 Å². The van der Waals surface area contributed by atoms with Gasteiger partial charge in [0, 0.05) is 18.2 Å². The van der Waals surface area contributed by atoms with E-state index in [9.17, 15) is 4.39 Å². The molecule has 3 aromatic rings. The van der Waals surface area contributed by atoms with E-state index in [2.05, 4.69) is 58.2 Å². The van der Waals surface area contributed by atoms with Gasteiger partial charge in [-0.3, -0.25) is 4.98 Å². The fourth-order valence-electron chi connectivity index (χ4n) is 3.99. The number of ether oxygens (including phenoxy) is 1. The zero-order chi connectivity index (χ0) is 20.9. The highest BCUT2D eigenvalue weighted by atomic mass is 19.1. The quantitative estimate of drug-likeness (QED) is 0.575. The lowest BCUT2D eigenvalue weighted by molar-refractivity contribution is 0.205. The van der Waals surface area contributed by atoms with Gasteiger partial charge in [0.05, 0.1) is 24.3 Å². The number of allylic oxidation sites excluding steroid dienone is 1. The summed E-state index contributed by atoms with van der Waals surface area (Å²) in [7, 11) is 1.57. The number of pyridine rings is 2. The third-order valence-corrected chi connectivity index (χ3v) is 5.90. The highest BCUT2D eigenvalue weighted by Crippen LogP contribution is 2.23. The molecule has 1 fully saturated rings. The maximum absolute atomic E-state index is 14.5. The van der Waals surface area contributed by atoms with E-state index < -0.39 is 0 Å². The van der Waals surface area contributed by atoms with Crippen LogP contribution in [0.15, 0.2) is 48.7 Å². The molecule has 0 bridgehead atoms. The van der Waals surface area contributed by atoms with Gasteiger partial charge in [0.1, 0.15) is 5.82 Å². The summed E-state index contributed by atoms with van der Waals surface area (Å²) in [6.45, 7) is 4.99. The lowest BCUT2D eigenvalue weighted by Gasteiger charge is -2.30. The minimum absolute atomic E-state index is 0.292. The van der Waals surface area contributed by atoms with Gasteiger partial charge in [-0.2, -0.15) is 0 Å². The van der Waals surface area contributed by atoms with Gasteiger partial charge in [0.15, 0.2) is 0 Å². The Hall–Kier alpha value is -2.79. The van der Waals surface area contributed by atoms with Crippen LogP contribution in [0.3, 0.4) is 0 Å². The molecule has 2 aromatic heterocycles. The second kappa shape index (κ2) is 9.35. The van der Waals surface area contributed by atoms with Crippen LogP contribution in [-0.2, 0) is 6.42 Å². The van der Waals surface area contributed by atoms with E-state index in [1.54, 1.807) is 13.2 Å². The van der Waals surface area contributed by atoms with Crippen molar-refractivity contribution in [2.24, 2.45) is 5.92 Å². The highest BCUT2D eigenvalue weighted by Gasteiger charge is 2.19. The Balaban J connectivity index is 1.35. The molecule has 1 saturated heterocycles. The van der Waals surface area contributed by atoms with Crippen molar-refractivity contribution in [1.29, 1.82) is 0 Å². The molecule has 4 nitrogen and oxygen atoms in total. The predicted octanol–water partition coefficient (Wildman–Crippen LogP) is 5.05. The first-order valence-corrected chi connectivity index (χ1v) is 10.6. The number of benzene rings is 1. The first-order chi connectivity index (χ1) is 14.6. The molecule has 1 aromatic carbocycles. The van der Waals surface area contributed by atoms with Crippen LogP contribution in [0, 0.1) is 18.7 Å². The van der Waals surface area contributed by atoms with Gasteiger partial charge in [0.2, 0.25) is 5.88 Å². The van der Waals surface area contributed by atoms with E-state index in [-0.39, 0.29) is 5.82 Å². The molecule has 30 heavy (non-hydrogen) atoms. The summed E-state index contributed by atoms with van der Waals surface area (Å²) in [5.41, 5.74) is 4.47. The summed E-state index contributed by atoms with van der Waals surface area (Å²) in [4.78, 5) is 11.0. The van der Waals surface area contributed by atoms with Crippen LogP contribution in [0.1, 0.15) is 29.5 Å². The molecular formula is C25H28FN3O. The second-order valence-corrected chi connectivity index (χ2v) is 8.00. The van der Waals surface area contributed by atoms with Crippen molar-refractivity contribution in [2.75, 3.05) is 26.7 Å². The number of likely N-dealkylation sites (tertiary alicyclic amines) is 1. The summed E-state index contributed by atoms with van der Waals surface area (Å²) in [5.74, 6) is 0.795. The lowest BCUT2D eigenvalue weighted by atomic mass is 9.95. The Morgan fingerprint density at radius 2 is 1.90 bits per heavy atom. The monoisotopic (exact) mass is 405 g/mol. The average Bonchev–Trinajstić information content (AvgIpc) is 2.78. The minimum atomic E-state index is -0.292. The molecule has 0 amide bonds. The van der Waals surface area contributed by atoms with Gasteiger partial charge in [-0.25, -0.2) is 9.37 Å².